The Bertz CT molecular complexity index is 160. The monoisotopic (exact) mass is 217 g/mol. The molecule has 0 spiro atoms. The van der Waals surface area contributed by atoms with Crippen molar-refractivity contribution in [2.75, 3.05) is 13.7 Å². The van der Waals surface area contributed by atoms with Gasteiger partial charge in [-0.1, -0.05) is 6.92 Å². The van der Waals surface area contributed by atoms with Crippen LogP contribution in [0.25, 0.3) is 0 Å². The molecule has 0 radical (unpaired) electrons. The van der Waals surface area contributed by atoms with Crippen LogP contribution in [-0.4, -0.2) is 31.5 Å². The van der Waals surface area contributed by atoms with E-state index in [1.54, 1.807) is 7.11 Å². The number of hydrogen-bond acceptors (Lipinski definition) is 3. The number of hydrogen-bond donors (Lipinski definition) is 1. The molecule has 0 saturated heterocycles. The fourth-order valence-corrected chi connectivity index (χ4v) is 1.56. The summed E-state index contributed by atoms with van der Waals surface area (Å²) in [5, 5.41) is 0. The minimum Gasteiger partial charge on any atom is -0.379 e. The Hall–Kier alpha value is -0.120. The Kier molecular flexibility index (Phi) is 7.14. The summed E-state index contributed by atoms with van der Waals surface area (Å²) in [5.74, 6) is 0. The molecule has 0 aliphatic heterocycles. The molecule has 0 fully saturated rings. The number of methoxy groups -OCH3 is 1. The molecule has 0 aromatic carbocycles. The molecular weight excluding hydrogens is 190 g/mol. The third-order valence-electron chi connectivity index (χ3n) is 2.89. The molecule has 0 aliphatic rings. The highest BCUT2D eigenvalue weighted by molar-refractivity contribution is 4.77. The molecule has 0 aromatic heterocycles. The Morgan fingerprint density at radius 2 is 1.87 bits per heavy atom. The van der Waals surface area contributed by atoms with E-state index in [1.165, 1.54) is 0 Å². The van der Waals surface area contributed by atoms with Crippen molar-refractivity contribution in [3.05, 3.63) is 0 Å². The van der Waals surface area contributed by atoms with Gasteiger partial charge in [0, 0.05) is 19.8 Å². The molecule has 15 heavy (non-hydrogen) atoms. The van der Waals surface area contributed by atoms with Crippen LogP contribution >= 0.6 is 0 Å². The normalized spacial score (nSPS) is 16.4. The second kappa shape index (κ2) is 7.20. The van der Waals surface area contributed by atoms with Crippen molar-refractivity contribution >= 4 is 0 Å². The molecule has 92 valence electrons. The van der Waals surface area contributed by atoms with Crippen LogP contribution in [0.15, 0.2) is 0 Å². The van der Waals surface area contributed by atoms with Gasteiger partial charge >= 0.3 is 0 Å². The first-order valence-electron chi connectivity index (χ1n) is 5.89. The second-order valence-electron chi connectivity index (χ2n) is 4.57. The predicted molar refractivity (Wildman–Crippen MR) is 64.0 cm³/mol. The Labute approximate surface area is 94.3 Å². The number of nitrogens with two attached hydrogens (primary N) is 1. The molecule has 3 nitrogen and oxygen atoms in total. The standard InChI is InChI=1S/C12H27NO2/c1-6-11(15-7-2)10(13)8-9-12(3,4)14-5/h10-11H,6-9,13H2,1-5H3. The maximum absolute atomic E-state index is 6.10. The van der Waals surface area contributed by atoms with Gasteiger partial charge in [-0.3, -0.25) is 0 Å². The summed E-state index contributed by atoms with van der Waals surface area (Å²) in [5.41, 5.74) is 6.01. The SMILES string of the molecule is CCOC(CC)C(N)CCC(C)(C)OC. The molecule has 0 aromatic rings. The third kappa shape index (κ3) is 6.13. The van der Waals surface area contributed by atoms with Crippen molar-refractivity contribution in [3.8, 4) is 0 Å². The smallest absolute Gasteiger partial charge is 0.0723 e. The van der Waals surface area contributed by atoms with Gasteiger partial charge in [-0.2, -0.15) is 0 Å². The molecule has 0 rings (SSSR count). The van der Waals surface area contributed by atoms with E-state index in [0.717, 1.165) is 25.9 Å². The van der Waals surface area contributed by atoms with Crippen LogP contribution < -0.4 is 5.73 Å². The average Bonchev–Trinajstić information content (AvgIpc) is 2.22. The third-order valence-corrected chi connectivity index (χ3v) is 2.89. The van der Waals surface area contributed by atoms with Gasteiger partial charge in [-0.05, 0) is 40.0 Å². The van der Waals surface area contributed by atoms with Crippen LogP contribution in [-0.2, 0) is 9.47 Å². The van der Waals surface area contributed by atoms with Gasteiger partial charge in [0.25, 0.3) is 0 Å². The highest BCUT2D eigenvalue weighted by Crippen LogP contribution is 2.18. The molecule has 0 amide bonds. The highest BCUT2D eigenvalue weighted by Gasteiger charge is 2.21. The van der Waals surface area contributed by atoms with Crippen LogP contribution in [0, 0.1) is 0 Å². The largest absolute Gasteiger partial charge is 0.379 e. The summed E-state index contributed by atoms with van der Waals surface area (Å²) in [6.07, 6.45) is 3.07. The van der Waals surface area contributed by atoms with E-state index in [2.05, 4.69) is 20.8 Å². The van der Waals surface area contributed by atoms with E-state index >= 15 is 0 Å². The van der Waals surface area contributed by atoms with Crippen molar-refractivity contribution in [3.63, 3.8) is 0 Å². The van der Waals surface area contributed by atoms with Crippen LogP contribution in [0.4, 0.5) is 0 Å². The number of ether oxygens (including phenoxy) is 2. The topological polar surface area (TPSA) is 44.5 Å². The molecule has 2 atom stereocenters. The van der Waals surface area contributed by atoms with E-state index in [-0.39, 0.29) is 17.7 Å². The van der Waals surface area contributed by atoms with Gasteiger partial charge in [-0.25, -0.2) is 0 Å². The molecule has 0 bridgehead atoms. The van der Waals surface area contributed by atoms with Crippen LogP contribution in [0.2, 0.25) is 0 Å². The molecule has 0 saturated carbocycles. The summed E-state index contributed by atoms with van der Waals surface area (Å²) < 4.78 is 11.0. The highest BCUT2D eigenvalue weighted by atomic mass is 16.5. The Morgan fingerprint density at radius 3 is 2.27 bits per heavy atom. The summed E-state index contributed by atoms with van der Waals surface area (Å²) in [7, 11) is 1.74. The number of rotatable bonds is 8. The van der Waals surface area contributed by atoms with Gasteiger partial charge in [0.2, 0.25) is 0 Å². The minimum atomic E-state index is -0.0812. The maximum atomic E-state index is 6.10. The molecule has 0 aliphatic carbocycles. The van der Waals surface area contributed by atoms with Gasteiger partial charge < -0.3 is 15.2 Å². The van der Waals surface area contributed by atoms with Crippen molar-refractivity contribution < 1.29 is 9.47 Å². The van der Waals surface area contributed by atoms with Crippen LogP contribution in [0.1, 0.15) is 47.0 Å². The minimum absolute atomic E-state index is 0.0812. The van der Waals surface area contributed by atoms with Crippen LogP contribution in [0.3, 0.4) is 0 Å². The molecular formula is C12H27NO2. The van der Waals surface area contributed by atoms with Gasteiger partial charge in [-0.15, -0.1) is 0 Å². The van der Waals surface area contributed by atoms with E-state index in [1.807, 2.05) is 6.92 Å². The van der Waals surface area contributed by atoms with Crippen molar-refractivity contribution in [2.24, 2.45) is 5.73 Å². The average molecular weight is 217 g/mol. The van der Waals surface area contributed by atoms with Gasteiger partial charge in [0.1, 0.15) is 0 Å². The molecule has 3 heteroatoms. The van der Waals surface area contributed by atoms with Crippen molar-refractivity contribution in [1.82, 2.24) is 0 Å². The summed E-state index contributed by atoms with van der Waals surface area (Å²) in [4.78, 5) is 0. The fourth-order valence-electron chi connectivity index (χ4n) is 1.56. The first kappa shape index (κ1) is 14.9. The van der Waals surface area contributed by atoms with E-state index in [0.29, 0.717) is 0 Å². The molecule has 2 N–H and O–H groups in total. The zero-order valence-corrected chi connectivity index (χ0v) is 10.9. The quantitative estimate of drug-likeness (QED) is 0.678. The molecule has 2 unspecified atom stereocenters. The first-order valence-corrected chi connectivity index (χ1v) is 5.89. The lowest BCUT2D eigenvalue weighted by Crippen LogP contribution is -2.38. The van der Waals surface area contributed by atoms with Gasteiger partial charge in [0.05, 0.1) is 11.7 Å². The maximum Gasteiger partial charge on any atom is 0.0723 e. The fraction of sp³-hybridized carbons (Fsp3) is 1.00. The zero-order valence-electron chi connectivity index (χ0n) is 10.9. The van der Waals surface area contributed by atoms with Crippen molar-refractivity contribution in [2.45, 2.75) is 64.7 Å². The van der Waals surface area contributed by atoms with Crippen molar-refractivity contribution in [1.29, 1.82) is 0 Å². The summed E-state index contributed by atoms with van der Waals surface area (Å²) in [6.45, 7) is 9.03. The zero-order chi connectivity index (χ0) is 11.9. The lowest BCUT2D eigenvalue weighted by molar-refractivity contribution is -0.0000663. The van der Waals surface area contributed by atoms with Gasteiger partial charge in [0.15, 0.2) is 0 Å². The van der Waals surface area contributed by atoms with E-state index < -0.39 is 0 Å². The summed E-state index contributed by atoms with van der Waals surface area (Å²) in [6, 6.07) is 0.115. The Morgan fingerprint density at radius 1 is 1.27 bits per heavy atom. The molecule has 0 heterocycles. The second-order valence-corrected chi connectivity index (χ2v) is 4.57. The van der Waals surface area contributed by atoms with E-state index in [4.69, 9.17) is 15.2 Å². The predicted octanol–water partition coefficient (Wildman–Crippen LogP) is 2.33. The van der Waals surface area contributed by atoms with Crippen LogP contribution in [0.5, 0.6) is 0 Å². The summed E-state index contributed by atoms with van der Waals surface area (Å²) >= 11 is 0. The lowest BCUT2D eigenvalue weighted by atomic mass is 9.96. The van der Waals surface area contributed by atoms with E-state index in [9.17, 15) is 0 Å². The lowest BCUT2D eigenvalue weighted by Gasteiger charge is -2.27. The first-order chi connectivity index (χ1) is 6.96. The Balaban J connectivity index is 3.94.